The van der Waals surface area contributed by atoms with E-state index in [2.05, 4.69) is 27.7 Å². The molecule has 1 aliphatic heterocycles. The minimum Gasteiger partial charge on any atom is -0.501 e. The summed E-state index contributed by atoms with van der Waals surface area (Å²) in [6.07, 6.45) is 6.31. The summed E-state index contributed by atoms with van der Waals surface area (Å²) in [6, 6.07) is 6.06. The summed E-state index contributed by atoms with van der Waals surface area (Å²) in [5, 5.41) is 4.23. The molecule has 0 saturated heterocycles. The van der Waals surface area contributed by atoms with Crippen LogP contribution in [-0.2, 0) is 9.53 Å². The molecule has 128 valence electrons. The molecule has 25 heavy (non-hydrogen) atoms. The van der Waals surface area contributed by atoms with E-state index in [-0.39, 0.29) is 11.8 Å². The van der Waals surface area contributed by atoms with Gasteiger partial charge in [0.25, 0.3) is 0 Å². The Kier molecular flexibility index (Phi) is 3.87. The van der Waals surface area contributed by atoms with Crippen LogP contribution in [0.25, 0.3) is 16.6 Å². The molecule has 0 bridgehead atoms. The number of carbonyl (C=O) groups is 1. The van der Waals surface area contributed by atoms with Crippen molar-refractivity contribution in [3.05, 3.63) is 47.5 Å². The number of imidazole rings is 1. The minimum atomic E-state index is -0.0335. The number of carbonyl (C=O) groups excluding carboxylic acids is 1. The first-order chi connectivity index (χ1) is 12.1. The first-order valence-corrected chi connectivity index (χ1v) is 8.44. The normalized spacial score (nSPS) is 20.6. The summed E-state index contributed by atoms with van der Waals surface area (Å²) in [7, 11) is 1.70. The summed E-state index contributed by atoms with van der Waals surface area (Å²) in [5.74, 6) is 1.96. The predicted octanol–water partition coefficient (Wildman–Crippen LogP) is 3.13. The second-order valence-electron chi connectivity index (χ2n) is 6.48. The van der Waals surface area contributed by atoms with Gasteiger partial charge in [0.2, 0.25) is 5.91 Å². The van der Waals surface area contributed by atoms with Gasteiger partial charge in [-0.2, -0.15) is 5.10 Å². The van der Waals surface area contributed by atoms with Crippen LogP contribution in [0.5, 0.6) is 0 Å². The number of aromatic nitrogens is 2. The lowest BCUT2D eigenvalue weighted by Gasteiger charge is -2.19. The highest BCUT2D eigenvalue weighted by Crippen LogP contribution is 2.27. The maximum atomic E-state index is 11.4. The summed E-state index contributed by atoms with van der Waals surface area (Å²) in [4.78, 5) is 19.5. The summed E-state index contributed by atoms with van der Waals surface area (Å²) >= 11 is 0. The summed E-state index contributed by atoms with van der Waals surface area (Å²) in [5.41, 5.74) is 7.56. The topological polar surface area (TPSA) is 79.4 Å². The summed E-state index contributed by atoms with van der Waals surface area (Å²) < 4.78 is 5.28. The molecule has 1 amide bonds. The molecule has 0 radical (unpaired) electrons. The first-order valence-electron chi connectivity index (χ1n) is 8.44. The maximum absolute atomic E-state index is 11.4. The van der Waals surface area contributed by atoms with Crippen molar-refractivity contribution < 1.29 is 9.53 Å². The quantitative estimate of drug-likeness (QED) is 0.904. The highest BCUT2D eigenvalue weighted by Gasteiger charge is 2.22. The Bertz CT molecular complexity index is 936. The molecule has 4 rings (SSSR count). The van der Waals surface area contributed by atoms with Crippen LogP contribution < -0.4 is 5.43 Å². The number of ether oxygens (including phenoxy) is 1. The van der Waals surface area contributed by atoms with Crippen LogP contribution in [0.4, 0.5) is 0 Å². The molecule has 0 fully saturated rings. The van der Waals surface area contributed by atoms with Crippen LogP contribution in [0.15, 0.2) is 41.2 Å². The molecule has 2 aliphatic rings. The van der Waals surface area contributed by atoms with Crippen LogP contribution in [0.2, 0.25) is 0 Å². The third-order valence-electron chi connectivity index (χ3n) is 4.71. The van der Waals surface area contributed by atoms with Crippen molar-refractivity contribution in [1.29, 1.82) is 0 Å². The van der Waals surface area contributed by atoms with E-state index in [0.717, 1.165) is 46.7 Å². The molecular formula is C19H20N4O2. The standard InChI is InChI=1S/C19H20N4O2/c1-11-9-17(24)22-23-18(11)13-5-8-15-16(10-13)21-19(20-15)12-3-6-14(25-2)7-4-12/h3,5-6,8,10-11H,4,7,9H2,1-2H3,(H,20,21)(H,22,24). The lowest BCUT2D eigenvalue weighted by molar-refractivity contribution is -0.121. The van der Waals surface area contributed by atoms with Gasteiger partial charge in [-0.25, -0.2) is 10.4 Å². The number of hydrazone groups is 1. The van der Waals surface area contributed by atoms with E-state index in [1.807, 2.05) is 25.1 Å². The Morgan fingerprint density at radius 3 is 2.84 bits per heavy atom. The number of methoxy groups -OCH3 is 1. The van der Waals surface area contributed by atoms with Gasteiger partial charge < -0.3 is 9.72 Å². The van der Waals surface area contributed by atoms with Crippen molar-refractivity contribution in [2.24, 2.45) is 11.0 Å². The van der Waals surface area contributed by atoms with E-state index in [9.17, 15) is 4.79 Å². The molecule has 1 atom stereocenters. The van der Waals surface area contributed by atoms with Gasteiger partial charge in [0.1, 0.15) is 5.82 Å². The molecule has 2 aromatic rings. The Morgan fingerprint density at radius 2 is 2.12 bits per heavy atom. The number of fused-ring (bicyclic) bond motifs is 1. The summed E-state index contributed by atoms with van der Waals surface area (Å²) in [6.45, 7) is 2.02. The van der Waals surface area contributed by atoms with Gasteiger partial charge in [-0.3, -0.25) is 4.79 Å². The maximum Gasteiger partial charge on any atom is 0.240 e. The number of hydrogen-bond acceptors (Lipinski definition) is 4. The second kappa shape index (κ2) is 6.20. The second-order valence-corrected chi connectivity index (χ2v) is 6.48. The van der Waals surface area contributed by atoms with E-state index < -0.39 is 0 Å². The van der Waals surface area contributed by atoms with Gasteiger partial charge in [-0.05, 0) is 30.2 Å². The zero-order chi connectivity index (χ0) is 17.4. The molecule has 1 unspecified atom stereocenters. The van der Waals surface area contributed by atoms with Crippen LogP contribution >= 0.6 is 0 Å². The number of rotatable bonds is 3. The van der Waals surface area contributed by atoms with E-state index in [1.54, 1.807) is 7.11 Å². The number of aromatic amines is 1. The number of nitrogens with one attached hydrogen (secondary N) is 2. The van der Waals surface area contributed by atoms with E-state index in [1.165, 1.54) is 5.57 Å². The smallest absolute Gasteiger partial charge is 0.240 e. The molecule has 6 heteroatoms. The lowest BCUT2D eigenvalue weighted by atomic mass is 9.94. The van der Waals surface area contributed by atoms with Gasteiger partial charge in [0.05, 0.1) is 29.6 Å². The average Bonchev–Trinajstić information content (AvgIpc) is 3.05. The van der Waals surface area contributed by atoms with Crippen LogP contribution in [-0.4, -0.2) is 28.7 Å². The van der Waals surface area contributed by atoms with E-state index in [4.69, 9.17) is 9.72 Å². The molecular weight excluding hydrogens is 316 g/mol. The van der Waals surface area contributed by atoms with Crippen LogP contribution in [0.1, 0.15) is 37.6 Å². The zero-order valence-corrected chi connectivity index (χ0v) is 14.3. The number of hydrogen-bond donors (Lipinski definition) is 2. The number of benzene rings is 1. The average molecular weight is 336 g/mol. The first kappa shape index (κ1) is 15.6. The van der Waals surface area contributed by atoms with Crippen LogP contribution in [0, 0.1) is 5.92 Å². The molecule has 6 nitrogen and oxygen atoms in total. The Labute approximate surface area is 145 Å². The highest BCUT2D eigenvalue weighted by molar-refractivity contribution is 6.07. The van der Waals surface area contributed by atoms with Gasteiger partial charge in [-0.1, -0.05) is 19.1 Å². The molecule has 2 N–H and O–H groups in total. The van der Waals surface area contributed by atoms with E-state index >= 15 is 0 Å². The highest BCUT2D eigenvalue weighted by atomic mass is 16.5. The Morgan fingerprint density at radius 1 is 1.24 bits per heavy atom. The number of amides is 1. The Balaban J connectivity index is 1.68. The van der Waals surface area contributed by atoms with Crippen LogP contribution in [0.3, 0.4) is 0 Å². The van der Waals surface area contributed by atoms with Crippen molar-refractivity contribution >= 4 is 28.2 Å². The third-order valence-corrected chi connectivity index (χ3v) is 4.71. The van der Waals surface area contributed by atoms with Gasteiger partial charge >= 0.3 is 0 Å². The van der Waals surface area contributed by atoms with Crippen molar-refractivity contribution in [1.82, 2.24) is 15.4 Å². The third kappa shape index (κ3) is 2.95. The van der Waals surface area contributed by atoms with Crippen molar-refractivity contribution in [2.45, 2.75) is 26.2 Å². The largest absolute Gasteiger partial charge is 0.501 e. The molecule has 1 aliphatic carbocycles. The SMILES string of the molecule is COC1=CC=C(c2nc3ccc(C4=NNC(=O)CC4C)cc3[nH]2)CC1. The lowest BCUT2D eigenvalue weighted by Crippen LogP contribution is -2.31. The van der Waals surface area contributed by atoms with Crippen molar-refractivity contribution in [3.63, 3.8) is 0 Å². The van der Waals surface area contributed by atoms with Gasteiger partial charge in [0, 0.05) is 24.3 Å². The number of allylic oxidation sites excluding steroid dienone is 4. The molecule has 1 aromatic heterocycles. The fourth-order valence-electron chi connectivity index (χ4n) is 3.31. The van der Waals surface area contributed by atoms with Crippen molar-refractivity contribution in [2.75, 3.05) is 7.11 Å². The molecule has 0 saturated carbocycles. The van der Waals surface area contributed by atoms with Gasteiger partial charge in [0.15, 0.2) is 0 Å². The Hall–Kier alpha value is -2.89. The fourth-order valence-corrected chi connectivity index (χ4v) is 3.31. The number of H-pyrrole nitrogens is 1. The minimum absolute atomic E-state index is 0.0335. The monoisotopic (exact) mass is 336 g/mol. The molecule has 0 spiro atoms. The predicted molar refractivity (Wildman–Crippen MR) is 96.9 cm³/mol. The fraction of sp³-hybridized carbons (Fsp3) is 0.316. The van der Waals surface area contributed by atoms with Crippen molar-refractivity contribution in [3.8, 4) is 0 Å². The molecule has 2 heterocycles. The zero-order valence-electron chi connectivity index (χ0n) is 14.3. The van der Waals surface area contributed by atoms with E-state index in [0.29, 0.717) is 6.42 Å². The number of nitrogens with zero attached hydrogens (tertiary/aromatic N) is 2. The molecule has 1 aromatic carbocycles. The van der Waals surface area contributed by atoms with Gasteiger partial charge in [-0.15, -0.1) is 0 Å².